The summed E-state index contributed by atoms with van der Waals surface area (Å²) in [6.07, 6.45) is 3.61. The highest BCUT2D eigenvalue weighted by atomic mass is 16.5. The van der Waals surface area contributed by atoms with E-state index in [1.807, 2.05) is 36.5 Å². The van der Waals surface area contributed by atoms with Gasteiger partial charge in [-0.25, -0.2) is 4.52 Å². The second-order valence-corrected chi connectivity index (χ2v) is 6.75. The van der Waals surface area contributed by atoms with Gasteiger partial charge in [0.05, 0.1) is 19.3 Å². The van der Waals surface area contributed by atoms with E-state index in [1.54, 1.807) is 22.4 Å². The van der Waals surface area contributed by atoms with Crippen LogP contribution in [0.4, 0.5) is 0 Å². The molecule has 4 rings (SSSR count). The average Bonchev–Trinajstić information content (AvgIpc) is 3.11. The molecule has 0 saturated heterocycles. The van der Waals surface area contributed by atoms with Crippen LogP contribution in [0.2, 0.25) is 0 Å². The van der Waals surface area contributed by atoms with Gasteiger partial charge < -0.3 is 9.30 Å². The first-order valence-electron chi connectivity index (χ1n) is 8.84. The number of ether oxygens (including phenoxy) is 1. The Hall–Kier alpha value is -3.34. The maximum absolute atomic E-state index is 13.0. The molecule has 0 spiro atoms. The van der Waals surface area contributed by atoms with Gasteiger partial charge in [-0.15, -0.1) is 0 Å². The normalized spacial score (nSPS) is 11.1. The van der Waals surface area contributed by atoms with Crippen molar-refractivity contribution in [1.82, 2.24) is 14.2 Å². The Morgan fingerprint density at radius 3 is 2.67 bits per heavy atom. The zero-order chi connectivity index (χ0) is 19.0. The van der Waals surface area contributed by atoms with E-state index < -0.39 is 0 Å². The number of rotatable bonds is 4. The number of aromatic nitrogens is 3. The van der Waals surface area contributed by atoms with Crippen LogP contribution in [-0.2, 0) is 6.54 Å². The van der Waals surface area contributed by atoms with Crippen LogP contribution in [-0.4, -0.2) is 21.3 Å². The van der Waals surface area contributed by atoms with E-state index in [-0.39, 0.29) is 5.56 Å². The second-order valence-electron chi connectivity index (χ2n) is 6.75. The lowest BCUT2D eigenvalue weighted by Gasteiger charge is -2.09. The summed E-state index contributed by atoms with van der Waals surface area (Å²) in [5.74, 6) is 0.761. The van der Waals surface area contributed by atoms with Crippen molar-refractivity contribution in [2.24, 2.45) is 0 Å². The molecule has 0 aliphatic carbocycles. The minimum absolute atomic E-state index is 0.0564. The van der Waals surface area contributed by atoms with Gasteiger partial charge >= 0.3 is 0 Å². The van der Waals surface area contributed by atoms with Crippen LogP contribution in [0.1, 0.15) is 16.7 Å². The zero-order valence-corrected chi connectivity index (χ0v) is 15.6. The molecule has 5 nitrogen and oxygen atoms in total. The summed E-state index contributed by atoms with van der Waals surface area (Å²) in [4.78, 5) is 13.0. The lowest BCUT2D eigenvalue weighted by atomic mass is 10.1. The van der Waals surface area contributed by atoms with Crippen LogP contribution in [0.25, 0.3) is 16.8 Å². The van der Waals surface area contributed by atoms with Crippen molar-refractivity contribution in [3.8, 4) is 17.0 Å². The molecule has 136 valence electrons. The van der Waals surface area contributed by atoms with E-state index in [0.717, 1.165) is 22.6 Å². The van der Waals surface area contributed by atoms with Crippen LogP contribution in [0.3, 0.4) is 0 Å². The molecule has 0 radical (unpaired) electrons. The van der Waals surface area contributed by atoms with Crippen molar-refractivity contribution < 1.29 is 4.74 Å². The summed E-state index contributed by atoms with van der Waals surface area (Å²) >= 11 is 0. The summed E-state index contributed by atoms with van der Waals surface area (Å²) < 4.78 is 8.64. The van der Waals surface area contributed by atoms with Crippen LogP contribution >= 0.6 is 0 Å². The molecular formula is C22H21N3O2. The van der Waals surface area contributed by atoms with Crippen molar-refractivity contribution in [2.75, 3.05) is 7.11 Å². The lowest BCUT2D eigenvalue weighted by molar-refractivity contribution is 0.415. The van der Waals surface area contributed by atoms with Gasteiger partial charge in [-0.3, -0.25) is 4.79 Å². The van der Waals surface area contributed by atoms with Gasteiger partial charge in [-0.1, -0.05) is 35.9 Å². The number of hydrogen-bond acceptors (Lipinski definition) is 3. The van der Waals surface area contributed by atoms with E-state index >= 15 is 0 Å². The first kappa shape index (κ1) is 17.1. The SMILES string of the molecule is COc1cccc(-c2cc3c(=O)n(Cc4ccc(C)cc4C)ccn3n2)c1. The number of nitrogens with zero attached hydrogens (tertiary/aromatic N) is 3. The minimum atomic E-state index is -0.0564. The first-order chi connectivity index (χ1) is 13.0. The Kier molecular flexibility index (Phi) is 4.28. The van der Waals surface area contributed by atoms with Crippen LogP contribution in [0, 0.1) is 13.8 Å². The molecule has 0 N–H and O–H groups in total. The third kappa shape index (κ3) is 3.24. The summed E-state index contributed by atoms with van der Waals surface area (Å²) in [6.45, 7) is 4.69. The molecule has 2 aromatic carbocycles. The highest BCUT2D eigenvalue weighted by molar-refractivity contribution is 5.66. The van der Waals surface area contributed by atoms with Crippen molar-refractivity contribution in [3.63, 3.8) is 0 Å². The number of methoxy groups -OCH3 is 1. The summed E-state index contributed by atoms with van der Waals surface area (Å²) in [5.41, 5.74) is 5.71. The molecule has 0 aliphatic heterocycles. The van der Waals surface area contributed by atoms with Gasteiger partial charge in [-0.05, 0) is 43.2 Å². The summed E-state index contributed by atoms with van der Waals surface area (Å²) in [5, 5.41) is 4.54. The maximum Gasteiger partial charge on any atom is 0.276 e. The minimum Gasteiger partial charge on any atom is -0.497 e. The summed E-state index contributed by atoms with van der Waals surface area (Å²) in [6, 6.07) is 15.8. The van der Waals surface area contributed by atoms with Gasteiger partial charge in [0.25, 0.3) is 5.56 Å². The average molecular weight is 359 g/mol. The van der Waals surface area contributed by atoms with Gasteiger partial charge in [0.15, 0.2) is 0 Å². The van der Waals surface area contributed by atoms with Crippen molar-refractivity contribution in [1.29, 1.82) is 0 Å². The molecule has 4 aromatic rings. The molecule has 27 heavy (non-hydrogen) atoms. The zero-order valence-electron chi connectivity index (χ0n) is 15.6. The molecule has 0 fully saturated rings. The predicted molar refractivity (Wildman–Crippen MR) is 106 cm³/mol. The van der Waals surface area contributed by atoms with E-state index in [2.05, 4.69) is 37.1 Å². The number of aryl methyl sites for hydroxylation is 2. The fourth-order valence-corrected chi connectivity index (χ4v) is 3.28. The van der Waals surface area contributed by atoms with E-state index in [1.165, 1.54) is 11.1 Å². The van der Waals surface area contributed by atoms with Crippen molar-refractivity contribution >= 4 is 5.52 Å². The molecule has 5 heteroatoms. The Morgan fingerprint density at radius 2 is 1.89 bits per heavy atom. The quantitative estimate of drug-likeness (QED) is 0.556. The molecule has 0 aliphatic rings. The molecule has 2 aromatic heterocycles. The third-order valence-electron chi connectivity index (χ3n) is 4.81. The Labute approximate surface area is 157 Å². The van der Waals surface area contributed by atoms with E-state index in [4.69, 9.17) is 4.74 Å². The standard InChI is InChI=1S/C22H21N3O2/c1-15-7-8-18(16(2)11-15)14-24-9-10-25-21(22(24)26)13-20(23-25)17-5-4-6-19(12-17)27-3/h4-13H,14H2,1-3H3. The Bertz CT molecular complexity index is 1190. The van der Waals surface area contributed by atoms with Gasteiger partial charge in [0.2, 0.25) is 0 Å². The first-order valence-corrected chi connectivity index (χ1v) is 8.84. The van der Waals surface area contributed by atoms with Crippen LogP contribution in [0.5, 0.6) is 5.75 Å². The predicted octanol–water partition coefficient (Wildman–Crippen LogP) is 3.84. The van der Waals surface area contributed by atoms with Crippen molar-refractivity contribution in [2.45, 2.75) is 20.4 Å². The fraction of sp³-hybridized carbons (Fsp3) is 0.182. The smallest absolute Gasteiger partial charge is 0.276 e. The monoisotopic (exact) mass is 359 g/mol. The largest absolute Gasteiger partial charge is 0.497 e. The molecule has 0 saturated carbocycles. The maximum atomic E-state index is 13.0. The summed E-state index contributed by atoms with van der Waals surface area (Å²) in [7, 11) is 1.63. The topological polar surface area (TPSA) is 48.5 Å². The highest BCUT2D eigenvalue weighted by Crippen LogP contribution is 2.23. The lowest BCUT2D eigenvalue weighted by Crippen LogP contribution is -2.22. The fourth-order valence-electron chi connectivity index (χ4n) is 3.28. The number of hydrogen-bond donors (Lipinski definition) is 0. The molecule has 0 unspecified atom stereocenters. The van der Waals surface area contributed by atoms with E-state index in [0.29, 0.717) is 12.1 Å². The molecule has 0 amide bonds. The number of fused-ring (bicyclic) bond motifs is 1. The molecule has 0 atom stereocenters. The van der Waals surface area contributed by atoms with Gasteiger partial charge in [0.1, 0.15) is 11.3 Å². The molecule has 2 heterocycles. The number of benzene rings is 2. The Balaban J connectivity index is 1.75. The van der Waals surface area contributed by atoms with E-state index in [9.17, 15) is 4.79 Å². The van der Waals surface area contributed by atoms with Gasteiger partial charge in [0, 0.05) is 18.0 Å². The Morgan fingerprint density at radius 1 is 1.04 bits per heavy atom. The van der Waals surface area contributed by atoms with Gasteiger partial charge in [-0.2, -0.15) is 5.10 Å². The highest BCUT2D eigenvalue weighted by Gasteiger charge is 2.11. The van der Waals surface area contributed by atoms with Crippen molar-refractivity contribution in [3.05, 3.63) is 88.0 Å². The van der Waals surface area contributed by atoms with Crippen LogP contribution < -0.4 is 10.3 Å². The molecule has 0 bridgehead atoms. The van der Waals surface area contributed by atoms with Crippen LogP contribution in [0.15, 0.2) is 65.7 Å². The third-order valence-corrected chi connectivity index (χ3v) is 4.81. The molecular weight excluding hydrogens is 338 g/mol. The second kappa shape index (κ2) is 6.76.